The van der Waals surface area contributed by atoms with E-state index in [1.54, 1.807) is 18.3 Å². The first-order valence-electron chi connectivity index (χ1n) is 12.3. The van der Waals surface area contributed by atoms with Gasteiger partial charge >= 0.3 is 0 Å². The Kier molecular flexibility index (Phi) is 9.10. The number of carbonyl (C=O) groups is 1. The summed E-state index contributed by atoms with van der Waals surface area (Å²) >= 11 is 9.69. The Morgan fingerprint density at radius 1 is 1.02 bits per heavy atom. The zero-order valence-electron chi connectivity index (χ0n) is 21.4. The molecule has 0 atom stereocenters. The van der Waals surface area contributed by atoms with E-state index in [-0.39, 0.29) is 5.91 Å². The van der Waals surface area contributed by atoms with Crippen molar-refractivity contribution in [3.05, 3.63) is 127 Å². The van der Waals surface area contributed by atoms with Crippen LogP contribution in [0.2, 0.25) is 5.02 Å². The number of thiazole rings is 1. The van der Waals surface area contributed by atoms with Gasteiger partial charge in [0.2, 0.25) is 0 Å². The largest absolute Gasteiger partial charge is 0.488 e. The second kappa shape index (κ2) is 13.1. The minimum Gasteiger partial charge on any atom is -0.488 e. The molecule has 0 saturated heterocycles. The molecule has 0 aliphatic rings. The number of carbonyl (C=O) groups excluding carboxylic acids is 1. The van der Waals surface area contributed by atoms with E-state index < -0.39 is 0 Å². The highest BCUT2D eigenvalue weighted by atomic mass is 127. The summed E-state index contributed by atoms with van der Waals surface area (Å²) in [4.78, 5) is 17.2. The Morgan fingerprint density at radius 3 is 2.50 bits per heavy atom. The van der Waals surface area contributed by atoms with Gasteiger partial charge in [-0.25, -0.2) is 10.4 Å². The molecular formula is C31H24ClIN4O2S. The fourth-order valence-electron chi connectivity index (χ4n) is 3.70. The van der Waals surface area contributed by atoms with Crippen molar-refractivity contribution in [1.29, 1.82) is 0 Å². The van der Waals surface area contributed by atoms with Crippen molar-refractivity contribution in [2.45, 2.75) is 13.5 Å². The highest BCUT2D eigenvalue weighted by molar-refractivity contribution is 14.1. The van der Waals surface area contributed by atoms with E-state index in [1.807, 2.05) is 60.0 Å². The van der Waals surface area contributed by atoms with Crippen molar-refractivity contribution in [2.75, 3.05) is 5.32 Å². The Labute approximate surface area is 255 Å². The van der Waals surface area contributed by atoms with Crippen molar-refractivity contribution < 1.29 is 9.53 Å². The number of hydrogen-bond acceptors (Lipinski definition) is 6. The standard InChI is InChI=1S/C31H24ClIN4O2S/c1-20-2-4-21(5-3-20)18-39-29-15-6-22(16-27(29)33)17-34-37-30(38)24-9-7-23(8-10-24)28-19-40-31(36-28)35-26-13-11-25(32)12-14-26/h2-17,19H,18H2,1H3,(H,35,36)(H,37,38)/b34-17-. The van der Waals surface area contributed by atoms with E-state index in [0.29, 0.717) is 17.2 Å². The molecule has 9 heteroatoms. The first-order valence-corrected chi connectivity index (χ1v) is 14.7. The number of anilines is 2. The monoisotopic (exact) mass is 678 g/mol. The van der Waals surface area contributed by atoms with Crippen LogP contribution >= 0.6 is 45.5 Å². The Hall–Kier alpha value is -3.73. The van der Waals surface area contributed by atoms with Gasteiger partial charge in [0.05, 0.1) is 15.5 Å². The molecule has 1 heterocycles. The summed E-state index contributed by atoms with van der Waals surface area (Å²) in [6.45, 7) is 2.57. The van der Waals surface area contributed by atoms with Crippen LogP contribution in [0.1, 0.15) is 27.0 Å². The van der Waals surface area contributed by atoms with Crippen molar-refractivity contribution in [3.8, 4) is 17.0 Å². The molecule has 0 spiro atoms. The third kappa shape index (κ3) is 7.47. The predicted octanol–water partition coefficient (Wildman–Crippen LogP) is 8.46. The number of nitrogens with one attached hydrogen (secondary N) is 2. The van der Waals surface area contributed by atoms with E-state index in [9.17, 15) is 4.79 Å². The number of aryl methyl sites for hydroxylation is 1. The minimum absolute atomic E-state index is 0.293. The average molecular weight is 679 g/mol. The molecule has 0 bridgehead atoms. The maximum Gasteiger partial charge on any atom is 0.271 e. The number of ether oxygens (including phenoxy) is 1. The molecule has 4 aromatic carbocycles. The van der Waals surface area contributed by atoms with E-state index in [1.165, 1.54) is 16.9 Å². The molecule has 0 radical (unpaired) electrons. The molecule has 0 aliphatic heterocycles. The van der Waals surface area contributed by atoms with Gasteiger partial charge in [0, 0.05) is 27.2 Å². The summed E-state index contributed by atoms with van der Waals surface area (Å²) in [6.07, 6.45) is 1.61. The van der Waals surface area contributed by atoms with Crippen molar-refractivity contribution in [3.63, 3.8) is 0 Å². The zero-order chi connectivity index (χ0) is 27.9. The topological polar surface area (TPSA) is 75.6 Å². The van der Waals surface area contributed by atoms with Crippen LogP contribution < -0.4 is 15.5 Å². The summed E-state index contributed by atoms with van der Waals surface area (Å²) in [5, 5.41) is 10.8. The fraction of sp³-hybridized carbons (Fsp3) is 0.0645. The summed E-state index contributed by atoms with van der Waals surface area (Å²) in [5.74, 6) is 0.509. The number of benzene rings is 4. The van der Waals surface area contributed by atoms with Crippen LogP contribution in [0, 0.1) is 10.5 Å². The summed E-state index contributed by atoms with van der Waals surface area (Å²) in [5.41, 5.74) is 8.94. The zero-order valence-corrected chi connectivity index (χ0v) is 25.1. The SMILES string of the molecule is Cc1ccc(COc2ccc(/C=N\NC(=O)c3ccc(-c4csc(Nc5ccc(Cl)cc5)n4)cc3)cc2I)cc1. The molecular weight excluding hydrogens is 655 g/mol. The van der Waals surface area contributed by atoms with Crippen LogP contribution in [-0.2, 0) is 6.61 Å². The molecule has 0 fully saturated rings. The molecule has 1 aromatic heterocycles. The highest BCUT2D eigenvalue weighted by Gasteiger charge is 2.09. The molecule has 0 aliphatic carbocycles. The number of halogens is 2. The van der Waals surface area contributed by atoms with Gasteiger partial charge in [0.15, 0.2) is 5.13 Å². The first-order chi connectivity index (χ1) is 19.4. The van der Waals surface area contributed by atoms with Crippen LogP contribution in [0.3, 0.4) is 0 Å². The molecule has 0 unspecified atom stereocenters. The van der Waals surface area contributed by atoms with Crippen LogP contribution in [0.4, 0.5) is 10.8 Å². The van der Waals surface area contributed by atoms with E-state index >= 15 is 0 Å². The normalized spacial score (nSPS) is 11.0. The fourth-order valence-corrected chi connectivity index (χ4v) is 5.26. The van der Waals surface area contributed by atoms with Crippen LogP contribution in [0.5, 0.6) is 5.75 Å². The maximum atomic E-state index is 12.6. The third-order valence-corrected chi connectivity index (χ3v) is 7.75. The summed E-state index contributed by atoms with van der Waals surface area (Å²) < 4.78 is 6.92. The van der Waals surface area contributed by atoms with E-state index in [0.717, 1.165) is 42.5 Å². The number of nitrogens with zero attached hydrogens (tertiary/aromatic N) is 2. The Balaban J connectivity index is 1.14. The lowest BCUT2D eigenvalue weighted by Crippen LogP contribution is -2.17. The van der Waals surface area contributed by atoms with Gasteiger partial charge in [0.1, 0.15) is 12.4 Å². The molecule has 5 aromatic rings. The molecule has 40 heavy (non-hydrogen) atoms. The first kappa shape index (κ1) is 27.8. The lowest BCUT2D eigenvalue weighted by Gasteiger charge is -2.09. The number of hydrogen-bond donors (Lipinski definition) is 2. The highest BCUT2D eigenvalue weighted by Crippen LogP contribution is 2.28. The second-order valence-corrected chi connectivity index (χ2v) is 11.4. The second-order valence-electron chi connectivity index (χ2n) is 8.91. The quantitative estimate of drug-likeness (QED) is 0.0932. The third-order valence-electron chi connectivity index (χ3n) is 5.89. The lowest BCUT2D eigenvalue weighted by molar-refractivity contribution is 0.0955. The van der Waals surface area contributed by atoms with E-state index in [4.69, 9.17) is 16.3 Å². The van der Waals surface area contributed by atoms with Crippen molar-refractivity contribution in [1.82, 2.24) is 10.4 Å². The van der Waals surface area contributed by atoms with Crippen LogP contribution in [0.25, 0.3) is 11.3 Å². The number of aromatic nitrogens is 1. The minimum atomic E-state index is -0.293. The van der Waals surface area contributed by atoms with Gasteiger partial charge in [0.25, 0.3) is 5.91 Å². The average Bonchev–Trinajstić information content (AvgIpc) is 3.43. The molecule has 2 N–H and O–H groups in total. The van der Waals surface area contributed by atoms with Gasteiger partial charge in [-0.2, -0.15) is 5.10 Å². The van der Waals surface area contributed by atoms with Crippen molar-refractivity contribution >= 4 is 68.5 Å². The number of rotatable bonds is 9. The molecule has 6 nitrogen and oxygen atoms in total. The van der Waals surface area contributed by atoms with Gasteiger partial charge < -0.3 is 10.1 Å². The van der Waals surface area contributed by atoms with Crippen LogP contribution in [-0.4, -0.2) is 17.1 Å². The maximum absolute atomic E-state index is 12.6. The molecule has 1 amide bonds. The molecule has 0 saturated carbocycles. The number of amides is 1. The van der Waals surface area contributed by atoms with Gasteiger partial charge in [-0.15, -0.1) is 11.3 Å². The predicted molar refractivity (Wildman–Crippen MR) is 172 cm³/mol. The summed E-state index contributed by atoms with van der Waals surface area (Å²) in [6, 6.07) is 28.8. The van der Waals surface area contributed by atoms with Crippen molar-refractivity contribution in [2.24, 2.45) is 5.10 Å². The summed E-state index contributed by atoms with van der Waals surface area (Å²) in [7, 11) is 0. The van der Waals surface area contributed by atoms with Gasteiger partial charge in [-0.3, -0.25) is 4.79 Å². The van der Waals surface area contributed by atoms with Gasteiger partial charge in [-0.1, -0.05) is 53.6 Å². The molecule has 5 rings (SSSR count). The van der Waals surface area contributed by atoms with Gasteiger partial charge in [-0.05, 0) is 95.2 Å². The smallest absolute Gasteiger partial charge is 0.271 e. The lowest BCUT2D eigenvalue weighted by atomic mass is 10.1. The van der Waals surface area contributed by atoms with Crippen LogP contribution in [0.15, 0.2) is 101 Å². The molecule has 200 valence electrons. The van der Waals surface area contributed by atoms with E-state index in [2.05, 4.69) is 74.6 Å². The Bertz CT molecular complexity index is 1640. The number of hydrazone groups is 1. The Morgan fingerprint density at radius 2 is 1.77 bits per heavy atom.